The number of benzene rings is 1. The Morgan fingerprint density at radius 2 is 2.07 bits per heavy atom. The Labute approximate surface area is 165 Å². The molecule has 1 fully saturated rings. The third-order valence-electron chi connectivity index (χ3n) is 5.00. The van der Waals surface area contributed by atoms with Crippen molar-refractivity contribution in [3.63, 3.8) is 0 Å². The highest BCUT2D eigenvalue weighted by atomic mass is 16.2. The van der Waals surface area contributed by atoms with Crippen molar-refractivity contribution in [2.45, 2.75) is 45.6 Å². The van der Waals surface area contributed by atoms with Gasteiger partial charge >= 0.3 is 6.03 Å². The number of hydrogen-bond donors (Lipinski definition) is 3. The van der Waals surface area contributed by atoms with Crippen LogP contribution >= 0.6 is 0 Å². The Kier molecular flexibility index (Phi) is 6.47. The summed E-state index contributed by atoms with van der Waals surface area (Å²) in [6, 6.07) is 9.65. The molecule has 2 aromatic rings. The van der Waals surface area contributed by atoms with Crippen LogP contribution < -0.4 is 21.1 Å². The SMILES string of the molecule is Cc1cc(N2CCCCC2C)ccc1NC(=O)NNC(=O)Cc1cccnc1. The smallest absolute Gasteiger partial charge is 0.337 e. The van der Waals surface area contributed by atoms with E-state index in [0.717, 1.165) is 17.7 Å². The molecule has 1 atom stereocenters. The molecule has 1 unspecified atom stereocenters. The molecule has 1 aromatic carbocycles. The predicted molar refractivity (Wildman–Crippen MR) is 110 cm³/mol. The van der Waals surface area contributed by atoms with E-state index < -0.39 is 6.03 Å². The van der Waals surface area contributed by atoms with Gasteiger partial charge in [0.1, 0.15) is 0 Å². The fraction of sp³-hybridized carbons (Fsp3) is 0.381. The number of urea groups is 1. The van der Waals surface area contributed by atoms with Crippen molar-refractivity contribution in [2.75, 3.05) is 16.8 Å². The summed E-state index contributed by atoms with van der Waals surface area (Å²) in [7, 11) is 0. The molecule has 1 saturated heterocycles. The number of nitrogens with one attached hydrogen (secondary N) is 3. The van der Waals surface area contributed by atoms with Crippen LogP contribution in [0.15, 0.2) is 42.7 Å². The highest BCUT2D eigenvalue weighted by Crippen LogP contribution is 2.28. The van der Waals surface area contributed by atoms with Crippen LogP contribution in [0.25, 0.3) is 0 Å². The lowest BCUT2D eigenvalue weighted by Gasteiger charge is -2.35. The second-order valence-corrected chi connectivity index (χ2v) is 7.20. The second-order valence-electron chi connectivity index (χ2n) is 7.20. The molecule has 0 saturated carbocycles. The van der Waals surface area contributed by atoms with Gasteiger partial charge in [-0.3, -0.25) is 15.2 Å². The van der Waals surface area contributed by atoms with E-state index in [1.807, 2.05) is 19.1 Å². The largest absolute Gasteiger partial charge is 0.369 e. The van der Waals surface area contributed by atoms with E-state index in [2.05, 4.69) is 39.0 Å². The summed E-state index contributed by atoms with van der Waals surface area (Å²) in [6.07, 6.45) is 7.12. The highest BCUT2D eigenvalue weighted by Gasteiger charge is 2.19. The van der Waals surface area contributed by atoms with Gasteiger partial charge in [0.2, 0.25) is 5.91 Å². The van der Waals surface area contributed by atoms with Gasteiger partial charge in [-0.15, -0.1) is 0 Å². The Morgan fingerprint density at radius 3 is 2.79 bits per heavy atom. The van der Waals surface area contributed by atoms with Gasteiger partial charge in [0, 0.05) is 36.4 Å². The van der Waals surface area contributed by atoms with E-state index in [9.17, 15) is 9.59 Å². The number of nitrogens with zero attached hydrogens (tertiary/aromatic N) is 2. The molecule has 28 heavy (non-hydrogen) atoms. The summed E-state index contributed by atoms with van der Waals surface area (Å²) >= 11 is 0. The number of carbonyl (C=O) groups excluding carboxylic acids is 2. The quantitative estimate of drug-likeness (QED) is 0.710. The third-order valence-corrected chi connectivity index (χ3v) is 5.00. The molecular formula is C21H27N5O2. The summed E-state index contributed by atoms with van der Waals surface area (Å²) in [5.41, 5.74) is 8.44. The number of piperidine rings is 1. The minimum Gasteiger partial charge on any atom is -0.369 e. The molecule has 7 heteroatoms. The Balaban J connectivity index is 1.51. The Bertz CT molecular complexity index is 825. The van der Waals surface area contributed by atoms with E-state index in [1.54, 1.807) is 24.5 Å². The van der Waals surface area contributed by atoms with Gasteiger partial charge < -0.3 is 10.2 Å². The summed E-state index contributed by atoms with van der Waals surface area (Å²) in [5.74, 6) is -0.311. The molecule has 1 aromatic heterocycles. The van der Waals surface area contributed by atoms with Gasteiger partial charge in [0.15, 0.2) is 0 Å². The summed E-state index contributed by atoms with van der Waals surface area (Å²) in [4.78, 5) is 30.4. The predicted octanol–water partition coefficient (Wildman–Crippen LogP) is 3.16. The normalized spacial score (nSPS) is 16.4. The topological polar surface area (TPSA) is 86.4 Å². The van der Waals surface area contributed by atoms with Gasteiger partial charge in [-0.2, -0.15) is 0 Å². The molecule has 0 aliphatic carbocycles. The maximum Gasteiger partial charge on any atom is 0.337 e. The highest BCUT2D eigenvalue weighted by molar-refractivity contribution is 5.92. The average Bonchev–Trinajstić information content (AvgIpc) is 2.69. The van der Waals surface area contributed by atoms with Crippen molar-refractivity contribution in [3.05, 3.63) is 53.9 Å². The molecule has 1 aliphatic rings. The molecular weight excluding hydrogens is 354 g/mol. The molecule has 7 nitrogen and oxygen atoms in total. The number of hydrogen-bond acceptors (Lipinski definition) is 4. The molecule has 1 aliphatic heterocycles. The molecule has 2 heterocycles. The number of pyridine rings is 1. The third kappa shape index (κ3) is 5.22. The van der Waals surface area contributed by atoms with E-state index in [4.69, 9.17) is 0 Å². The Morgan fingerprint density at radius 1 is 1.21 bits per heavy atom. The maximum absolute atomic E-state index is 12.1. The van der Waals surface area contributed by atoms with Crippen LogP contribution in [0.5, 0.6) is 0 Å². The van der Waals surface area contributed by atoms with Crippen LogP contribution in [0, 0.1) is 6.92 Å². The zero-order chi connectivity index (χ0) is 19.9. The molecule has 148 valence electrons. The van der Waals surface area contributed by atoms with Crippen LogP contribution in [0.2, 0.25) is 0 Å². The van der Waals surface area contributed by atoms with Crippen LogP contribution in [-0.2, 0) is 11.2 Å². The van der Waals surface area contributed by atoms with Crippen LogP contribution in [0.1, 0.15) is 37.3 Å². The fourth-order valence-corrected chi connectivity index (χ4v) is 3.46. The van der Waals surface area contributed by atoms with E-state index >= 15 is 0 Å². The van der Waals surface area contributed by atoms with Gasteiger partial charge in [-0.25, -0.2) is 10.2 Å². The molecule has 0 bridgehead atoms. The summed E-state index contributed by atoms with van der Waals surface area (Å²) in [5, 5.41) is 2.78. The van der Waals surface area contributed by atoms with Gasteiger partial charge in [-0.1, -0.05) is 6.07 Å². The zero-order valence-electron chi connectivity index (χ0n) is 16.4. The minimum absolute atomic E-state index is 0.149. The lowest BCUT2D eigenvalue weighted by Crippen LogP contribution is -2.44. The number of hydrazine groups is 1. The van der Waals surface area contributed by atoms with Crippen LogP contribution in [0.4, 0.5) is 16.2 Å². The standard InChI is InChI=1S/C21H27N5O2/c1-15-12-18(26-11-4-3-6-16(26)2)8-9-19(15)23-21(28)25-24-20(27)13-17-7-5-10-22-14-17/h5,7-10,12,14,16H,3-4,6,11,13H2,1-2H3,(H,24,27)(H2,23,25,28). The first-order valence-electron chi connectivity index (χ1n) is 9.65. The zero-order valence-corrected chi connectivity index (χ0v) is 16.4. The van der Waals surface area contributed by atoms with Crippen molar-refractivity contribution in [3.8, 4) is 0 Å². The fourth-order valence-electron chi connectivity index (χ4n) is 3.46. The molecule has 3 N–H and O–H groups in total. The minimum atomic E-state index is -0.485. The Hall–Kier alpha value is -3.09. The molecule has 3 rings (SSSR count). The van der Waals surface area contributed by atoms with Crippen molar-refractivity contribution >= 4 is 23.3 Å². The van der Waals surface area contributed by atoms with Gasteiger partial charge in [0.25, 0.3) is 0 Å². The number of aromatic nitrogens is 1. The first-order chi connectivity index (χ1) is 13.5. The van der Waals surface area contributed by atoms with E-state index in [0.29, 0.717) is 11.7 Å². The number of amides is 3. The van der Waals surface area contributed by atoms with Crippen LogP contribution in [-0.4, -0.2) is 29.5 Å². The van der Waals surface area contributed by atoms with Crippen molar-refractivity contribution < 1.29 is 9.59 Å². The summed E-state index contributed by atoms with van der Waals surface area (Å²) < 4.78 is 0. The molecule has 0 spiro atoms. The van der Waals surface area contributed by atoms with Gasteiger partial charge in [0.05, 0.1) is 6.42 Å². The van der Waals surface area contributed by atoms with Gasteiger partial charge in [-0.05, 0) is 68.5 Å². The number of rotatable bonds is 4. The second kappa shape index (κ2) is 9.21. The average molecular weight is 381 g/mol. The number of aryl methyl sites for hydroxylation is 1. The molecule has 3 amide bonds. The van der Waals surface area contributed by atoms with Crippen molar-refractivity contribution in [1.82, 2.24) is 15.8 Å². The monoisotopic (exact) mass is 381 g/mol. The van der Waals surface area contributed by atoms with Crippen molar-refractivity contribution in [2.24, 2.45) is 0 Å². The number of carbonyl (C=O) groups is 2. The lowest BCUT2D eigenvalue weighted by molar-refractivity contribution is -0.121. The summed E-state index contributed by atoms with van der Waals surface area (Å²) in [6.45, 7) is 5.29. The first-order valence-corrected chi connectivity index (χ1v) is 9.65. The number of anilines is 2. The van der Waals surface area contributed by atoms with Crippen molar-refractivity contribution in [1.29, 1.82) is 0 Å². The lowest BCUT2D eigenvalue weighted by atomic mass is 10.0. The molecule has 0 radical (unpaired) electrons. The van der Waals surface area contributed by atoms with Crippen LogP contribution in [0.3, 0.4) is 0 Å². The van der Waals surface area contributed by atoms with E-state index in [-0.39, 0.29) is 12.3 Å². The maximum atomic E-state index is 12.1. The first kappa shape index (κ1) is 19.7. The van der Waals surface area contributed by atoms with E-state index in [1.165, 1.54) is 24.9 Å².